The smallest absolute Gasteiger partial charge is 0.309 e. The molecular formula is C35H48O4. The Balaban J connectivity index is 1.32. The lowest BCUT2D eigenvalue weighted by Gasteiger charge is -2.68. The Hall–Kier alpha value is -2.10. The highest BCUT2D eigenvalue weighted by Gasteiger charge is 2.66. The highest BCUT2D eigenvalue weighted by molar-refractivity contribution is 5.76. The zero-order valence-corrected chi connectivity index (χ0v) is 24.5. The maximum Gasteiger partial charge on any atom is 0.309 e. The van der Waals surface area contributed by atoms with E-state index in [4.69, 9.17) is 0 Å². The first-order valence-electron chi connectivity index (χ1n) is 15.7. The number of hydrogen-bond acceptors (Lipinski definition) is 2. The Bertz CT molecular complexity index is 1200. The van der Waals surface area contributed by atoms with E-state index in [2.05, 4.69) is 52.0 Å². The lowest BCUT2D eigenvalue weighted by molar-refractivity contribution is -0.187. The van der Waals surface area contributed by atoms with E-state index in [0.29, 0.717) is 41.4 Å². The molecule has 0 saturated heterocycles. The first-order valence-corrected chi connectivity index (χ1v) is 15.7. The van der Waals surface area contributed by atoms with Gasteiger partial charge in [0, 0.05) is 6.42 Å². The second kappa shape index (κ2) is 9.21. The molecule has 5 aliphatic rings. The maximum atomic E-state index is 12.5. The molecule has 0 heterocycles. The van der Waals surface area contributed by atoms with Crippen LogP contribution in [0.15, 0.2) is 30.3 Å². The number of hydrogen-bond donors (Lipinski definition) is 2. The van der Waals surface area contributed by atoms with Crippen molar-refractivity contribution in [1.82, 2.24) is 0 Å². The summed E-state index contributed by atoms with van der Waals surface area (Å²) >= 11 is 0. The molecule has 4 unspecified atom stereocenters. The van der Waals surface area contributed by atoms with Crippen LogP contribution in [0.25, 0.3) is 5.57 Å². The monoisotopic (exact) mass is 532 g/mol. The summed E-state index contributed by atoms with van der Waals surface area (Å²) in [6.07, 6.45) is 14.4. The summed E-state index contributed by atoms with van der Waals surface area (Å²) in [6.45, 7) is 10.1. The van der Waals surface area contributed by atoms with E-state index in [1.165, 1.54) is 36.8 Å². The van der Waals surface area contributed by atoms with Crippen LogP contribution in [0.4, 0.5) is 0 Å². The third-order valence-corrected chi connectivity index (χ3v) is 13.4. The normalized spacial score (nSPS) is 42.4. The number of rotatable bonds is 5. The summed E-state index contributed by atoms with van der Waals surface area (Å²) in [6, 6.07) is 8.47. The number of benzene rings is 1. The zero-order valence-electron chi connectivity index (χ0n) is 24.5. The lowest BCUT2D eigenvalue weighted by Crippen LogP contribution is -2.61. The molecule has 5 aliphatic carbocycles. The molecule has 4 heteroatoms. The molecule has 1 aromatic rings. The highest BCUT2D eigenvalue weighted by Crippen LogP contribution is 2.73. The van der Waals surface area contributed by atoms with Crippen molar-refractivity contribution in [3.05, 3.63) is 41.5 Å². The highest BCUT2D eigenvalue weighted by atomic mass is 16.4. The number of carboxylic acid groups (broad SMARTS) is 2. The van der Waals surface area contributed by atoms with Gasteiger partial charge in [-0.05, 0) is 127 Å². The molecule has 212 valence electrons. The van der Waals surface area contributed by atoms with Gasteiger partial charge in [0.1, 0.15) is 0 Å². The van der Waals surface area contributed by atoms with Gasteiger partial charge in [0.2, 0.25) is 0 Å². The molecule has 2 N–H and O–H groups in total. The van der Waals surface area contributed by atoms with Gasteiger partial charge in [0.25, 0.3) is 0 Å². The molecule has 6 rings (SSSR count). The molecule has 0 aliphatic heterocycles. The molecule has 1 aromatic carbocycles. The molecule has 4 saturated carbocycles. The average molecular weight is 533 g/mol. The van der Waals surface area contributed by atoms with E-state index in [9.17, 15) is 19.8 Å². The molecule has 0 bridgehead atoms. The summed E-state index contributed by atoms with van der Waals surface area (Å²) in [5.41, 5.74) is 3.93. The second-order valence-electron chi connectivity index (χ2n) is 15.1. The van der Waals surface area contributed by atoms with E-state index in [0.717, 1.165) is 44.1 Å². The van der Waals surface area contributed by atoms with E-state index < -0.39 is 17.4 Å². The number of carbonyl (C=O) groups is 2. The van der Waals surface area contributed by atoms with Gasteiger partial charge in [-0.2, -0.15) is 0 Å². The Kier molecular flexibility index (Phi) is 6.40. The van der Waals surface area contributed by atoms with Gasteiger partial charge < -0.3 is 10.2 Å². The van der Waals surface area contributed by atoms with Crippen molar-refractivity contribution in [2.24, 2.45) is 51.2 Å². The Morgan fingerprint density at radius 1 is 0.846 bits per heavy atom. The van der Waals surface area contributed by atoms with Crippen LogP contribution >= 0.6 is 0 Å². The molecule has 39 heavy (non-hydrogen) atoms. The molecule has 0 spiro atoms. The maximum absolute atomic E-state index is 12.5. The van der Waals surface area contributed by atoms with Gasteiger partial charge in [-0.3, -0.25) is 9.59 Å². The standard InChI is InChI=1S/C35H48O4/c1-32(2)25(23-9-6-5-8-22(23)11-14-30(36)37)15-19-34(4)28(32)17-20-33(3)26-16-21-35(31(38)39)18-7-10-27(35)24(26)12-13-29(33)34/h5-6,8-9,15,24,26-29H,7,10-14,16-21H2,1-4H3,(H,36,37)(H,38,39)/t24-,26?,27?,28?,29?,33-,34-,35-/m0/s1. The number of allylic oxidation sites excluding steroid dienone is 2. The number of aryl methyl sites for hydroxylation is 1. The first-order chi connectivity index (χ1) is 18.4. The predicted molar refractivity (Wildman–Crippen MR) is 154 cm³/mol. The van der Waals surface area contributed by atoms with Gasteiger partial charge in [0.15, 0.2) is 0 Å². The number of fused-ring (bicyclic) bond motifs is 7. The largest absolute Gasteiger partial charge is 0.481 e. The topological polar surface area (TPSA) is 74.6 Å². The summed E-state index contributed by atoms with van der Waals surface area (Å²) in [5.74, 6) is 1.63. The molecule has 0 radical (unpaired) electrons. The van der Waals surface area contributed by atoms with Crippen LogP contribution in [-0.2, 0) is 16.0 Å². The van der Waals surface area contributed by atoms with Crippen molar-refractivity contribution in [3.63, 3.8) is 0 Å². The predicted octanol–water partition coefficient (Wildman–Crippen LogP) is 8.25. The SMILES string of the molecule is CC1(C)C(c2ccccc2CCC(=O)O)=CC[C@@]2(C)C1CC[C@@]1(C)C3CC[C@@]4(C(=O)O)CCCC4[C@H]3CCC12. The second-order valence-corrected chi connectivity index (χ2v) is 15.1. The van der Waals surface area contributed by atoms with Gasteiger partial charge in [-0.25, -0.2) is 0 Å². The van der Waals surface area contributed by atoms with Crippen LogP contribution in [0.2, 0.25) is 0 Å². The molecule has 0 amide bonds. The average Bonchev–Trinajstić information content (AvgIpc) is 3.33. The van der Waals surface area contributed by atoms with Gasteiger partial charge in [-0.15, -0.1) is 0 Å². The molecule has 0 aromatic heterocycles. The summed E-state index contributed by atoms with van der Waals surface area (Å²) in [7, 11) is 0. The third-order valence-electron chi connectivity index (χ3n) is 13.4. The van der Waals surface area contributed by atoms with Crippen LogP contribution in [0.5, 0.6) is 0 Å². The van der Waals surface area contributed by atoms with Crippen LogP contribution in [0.1, 0.15) is 109 Å². The van der Waals surface area contributed by atoms with Crippen molar-refractivity contribution in [2.75, 3.05) is 0 Å². The van der Waals surface area contributed by atoms with Gasteiger partial charge >= 0.3 is 11.9 Å². The van der Waals surface area contributed by atoms with Crippen molar-refractivity contribution in [2.45, 2.75) is 105 Å². The fourth-order valence-electron chi connectivity index (χ4n) is 11.9. The fourth-order valence-corrected chi connectivity index (χ4v) is 11.9. The summed E-state index contributed by atoms with van der Waals surface area (Å²) in [5, 5.41) is 19.6. The number of carboxylic acids is 2. The van der Waals surface area contributed by atoms with Crippen LogP contribution in [0.3, 0.4) is 0 Å². The fraction of sp³-hybridized carbons (Fsp3) is 0.714. The van der Waals surface area contributed by atoms with Crippen LogP contribution < -0.4 is 0 Å². The van der Waals surface area contributed by atoms with E-state index in [1.54, 1.807) is 0 Å². The minimum atomic E-state index is -0.739. The summed E-state index contributed by atoms with van der Waals surface area (Å²) in [4.78, 5) is 23.9. The van der Waals surface area contributed by atoms with Crippen molar-refractivity contribution in [1.29, 1.82) is 0 Å². The quantitative estimate of drug-likeness (QED) is 0.400. The Morgan fingerprint density at radius 2 is 1.62 bits per heavy atom. The first kappa shape index (κ1) is 27.1. The van der Waals surface area contributed by atoms with E-state index >= 15 is 0 Å². The number of aliphatic carboxylic acids is 2. The third kappa shape index (κ3) is 3.82. The summed E-state index contributed by atoms with van der Waals surface area (Å²) < 4.78 is 0. The zero-order chi connectivity index (χ0) is 27.8. The Labute approximate surface area is 234 Å². The van der Waals surface area contributed by atoms with Gasteiger partial charge in [-0.1, -0.05) is 64.5 Å². The molecule has 8 atom stereocenters. The lowest BCUT2D eigenvalue weighted by atomic mass is 9.36. The minimum Gasteiger partial charge on any atom is -0.481 e. The van der Waals surface area contributed by atoms with E-state index in [1.807, 2.05) is 6.07 Å². The molecule has 4 nitrogen and oxygen atoms in total. The Morgan fingerprint density at radius 3 is 2.36 bits per heavy atom. The van der Waals surface area contributed by atoms with Crippen LogP contribution in [0, 0.1) is 51.2 Å². The van der Waals surface area contributed by atoms with Crippen LogP contribution in [-0.4, -0.2) is 22.2 Å². The van der Waals surface area contributed by atoms with Crippen molar-refractivity contribution < 1.29 is 19.8 Å². The minimum absolute atomic E-state index is 0.0149. The van der Waals surface area contributed by atoms with E-state index in [-0.39, 0.29) is 17.3 Å². The van der Waals surface area contributed by atoms with Gasteiger partial charge in [0.05, 0.1) is 5.41 Å². The molecule has 4 fully saturated rings. The molecular weight excluding hydrogens is 484 g/mol. The van der Waals surface area contributed by atoms with Crippen molar-refractivity contribution in [3.8, 4) is 0 Å². The van der Waals surface area contributed by atoms with Crippen molar-refractivity contribution >= 4 is 17.5 Å².